The minimum Gasteiger partial charge on any atom is -0.497 e. The summed E-state index contributed by atoms with van der Waals surface area (Å²) in [6, 6.07) is 11.5. The van der Waals surface area contributed by atoms with E-state index in [1.54, 1.807) is 6.07 Å². The number of ketones is 1. The SMILES string of the molecule is COc1ccc(C(=O)C2=C(C(F)(F)F)OC(N)=C(C#N)[C@H]2c2cccc([N+](=O)[O-])c2)cc1. The number of non-ortho nitro benzene ring substituents is 1. The normalized spacial score (nSPS) is 16.3. The van der Waals surface area contributed by atoms with Gasteiger partial charge in [0.25, 0.3) is 5.69 Å². The lowest BCUT2D eigenvalue weighted by Crippen LogP contribution is -2.31. The van der Waals surface area contributed by atoms with E-state index >= 15 is 0 Å². The van der Waals surface area contributed by atoms with Gasteiger partial charge in [-0.05, 0) is 29.8 Å². The molecule has 0 saturated heterocycles. The van der Waals surface area contributed by atoms with E-state index in [2.05, 4.69) is 0 Å². The highest BCUT2D eigenvalue weighted by molar-refractivity contribution is 6.11. The Labute approximate surface area is 179 Å². The Morgan fingerprint density at radius 1 is 1.25 bits per heavy atom. The molecule has 32 heavy (non-hydrogen) atoms. The van der Waals surface area contributed by atoms with Crippen LogP contribution in [0.4, 0.5) is 18.9 Å². The van der Waals surface area contributed by atoms with Gasteiger partial charge in [-0.2, -0.15) is 18.4 Å². The molecule has 8 nitrogen and oxygen atoms in total. The highest BCUT2D eigenvalue weighted by Gasteiger charge is 2.48. The van der Waals surface area contributed by atoms with Crippen molar-refractivity contribution in [1.29, 1.82) is 5.26 Å². The molecule has 0 aliphatic carbocycles. The fourth-order valence-electron chi connectivity index (χ4n) is 3.25. The molecule has 0 bridgehead atoms. The molecule has 0 fully saturated rings. The van der Waals surface area contributed by atoms with E-state index < -0.39 is 51.3 Å². The minimum atomic E-state index is -5.14. The van der Waals surface area contributed by atoms with E-state index in [1.807, 2.05) is 0 Å². The summed E-state index contributed by atoms with van der Waals surface area (Å²) in [5.41, 5.74) is 3.52. The fraction of sp³-hybridized carbons (Fsp3) is 0.143. The largest absolute Gasteiger partial charge is 0.497 e. The molecule has 0 radical (unpaired) electrons. The number of Topliss-reactive ketones (excluding diaryl/α,β-unsaturated/α-hetero) is 1. The molecule has 0 unspecified atom stereocenters. The summed E-state index contributed by atoms with van der Waals surface area (Å²) >= 11 is 0. The van der Waals surface area contributed by atoms with Crippen molar-refractivity contribution in [2.45, 2.75) is 12.1 Å². The fourth-order valence-corrected chi connectivity index (χ4v) is 3.25. The summed E-state index contributed by atoms with van der Waals surface area (Å²) < 4.78 is 51.3. The Bertz CT molecular complexity index is 1190. The average Bonchev–Trinajstić information content (AvgIpc) is 2.77. The number of methoxy groups -OCH3 is 1. The van der Waals surface area contributed by atoms with Crippen molar-refractivity contribution >= 4 is 11.5 Å². The third-order valence-corrected chi connectivity index (χ3v) is 4.69. The second-order valence-electron chi connectivity index (χ2n) is 6.58. The molecule has 2 N–H and O–H groups in total. The average molecular weight is 445 g/mol. The summed E-state index contributed by atoms with van der Waals surface area (Å²) in [4.78, 5) is 23.7. The number of carbonyl (C=O) groups excluding carboxylic acids is 1. The molecule has 11 heteroatoms. The number of carbonyl (C=O) groups is 1. The Kier molecular flexibility index (Phi) is 5.89. The van der Waals surface area contributed by atoms with Crippen molar-refractivity contribution in [3.63, 3.8) is 0 Å². The van der Waals surface area contributed by atoms with E-state index in [-0.39, 0.29) is 11.1 Å². The first-order chi connectivity index (χ1) is 15.1. The van der Waals surface area contributed by atoms with Crippen LogP contribution in [0, 0.1) is 21.4 Å². The lowest BCUT2D eigenvalue weighted by molar-refractivity contribution is -0.384. The molecule has 2 aromatic rings. The Morgan fingerprint density at radius 3 is 2.44 bits per heavy atom. The number of benzene rings is 2. The number of nitro groups is 1. The van der Waals surface area contributed by atoms with Crippen molar-refractivity contribution in [3.8, 4) is 11.8 Å². The molecule has 1 atom stereocenters. The number of allylic oxidation sites excluding steroid dienone is 3. The van der Waals surface area contributed by atoms with Gasteiger partial charge in [-0.15, -0.1) is 0 Å². The minimum absolute atomic E-state index is 0.0967. The highest BCUT2D eigenvalue weighted by Crippen LogP contribution is 2.45. The molecular formula is C21H14F3N3O5. The van der Waals surface area contributed by atoms with E-state index in [1.165, 1.54) is 43.5 Å². The van der Waals surface area contributed by atoms with Crippen molar-refractivity contribution in [1.82, 2.24) is 0 Å². The van der Waals surface area contributed by atoms with Crippen molar-refractivity contribution in [2.24, 2.45) is 5.73 Å². The van der Waals surface area contributed by atoms with Gasteiger partial charge in [0, 0.05) is 17.7 Å². The summed E-state index contributed by atoms with van der Waals surface area (Å²) in [5.74, 6) is -4.89. The Balaban J connectivity index is 2.29. The molecule has 1 aliphatic heterocycles. The zero-order valence-electron chi connectivity index (χ0n) is 16.3. The number of alkyl halides is 3. The van der Waals surface area contributed by atoms with Gasteiger partial charge in [0.2, 0.25) is 11.6 Å². The first kappa shape index (κ1) is 22.4. The van der Waals surface area contributed by atoms with Crippen molar-refractivity contribution < 1.29 is 32.4 Å². The predicted octanol–water partition coefficient (Wildman–Crippen LogP) is 4.11. The highest BCUT2D eigenvalue weighted by atomic mass is 19.4. The van der Waals surface area contributed by atoms with Crippen LogP contribution in [0.1, 0.15) is 21.8 Å². The topological polar surface area (TPSA) is 128 Å². The number of rotatable bonds is 5. The molecule has 1 heterocycles. The first-order valence-electron chi connectivity index (χ1n) is 8.90. The number of halogens is 3. The second kappa shape index (κ2) is 8.43. The van der Waals surface area contributed by atoms with Crippen LogP contribution >= 0.6 is 0 Å². The van der Waals surface area contributed by atoms with Gasteiger partial charge < -0.3 is 15.2 Å². The summed E-state index contributed by atoms with van der Waals surface area (Å²) in [6.07, 6.45) is -5.14. The number of hydrogen-bond acceptors (Lipinski definition) is 7. The monoisotopic (exact) mass is 445 g/mol. The quantitative estimate of drug-likeness (QED) is 0.417. The van der Waals surface area contributed by atoms with E-state index in [9.17, 15) is 33.3 Å². The molecular weight excluding hydrogens is 431 g/mol. The molecule has 3 rings (SSSR count). The van der Waals surface area contributed by atoms with Crippen LogP contribution in [0.3, 0.4) is 0 Å². The smallest absolute Gasteiger partial charge is 0.450 e. The standard InChI is InChI=1S/C21H14F3N3O5/c1-31-14-7-5-11(6-8-14)18(28)17-16(12-3-2-4-13(9-12)27(29)30)15(10-25)20(26)32-19(17)21(22,23)24/h2-9,16H,26H2,1H3/t16-/m1/s1. The molecule has 2 aromatic carbocycles. The number of nitrogens with two attached hydrogens (primary N) is 1. The third kappa shape index (κ3) is 4.11. The summed E-state index contributed by atoms with van der Waals surface area (Å²) in [5, 5.41) is 20.7. The zero-order chi connectivity index (χ0) is 23.6. The number of hydrogen-bond donors (Lipinski definition) is 1. The molecule has 0 amide bonds. The lowest BCUT2D eigenvalue weighted by Gasteiger charge is -2.29. The van der Waals surface area contributed by atoms with Gasteiger partial charge in [0.15, 0.2) is 5.78 Å². The van der Waals surface area contributed by atoms with Crippen LogP contribution in [0.5, 0.6) is 5.75 Å². The van der Waals surface area contributed by atoms with Gasteiger partial charge in [-0.1, -0.05) is 12.1 Å². The van der Waals surface area contributed by atoms with Crippen LogP contribution in [0.2, 0.25) is 0 Å². The van der Waals surface area contributed by atoms with Crippen LogP contribution < -0.4 is 10.5 Å². The van der Waals surface area contributed by atoms with Gasteiger partial charge in [-0.25, -0.2) is 0 Å². The lowest BCUT2D eigenvalue weighted by atomic mass is 9.79. The summed E-state index contributed by atoms with van der Waals surface area (Å²) in [7, 11) is 1.38. The molecule has 1 aliphatic rings. The maximum Gasteiger partial charge on any atom is 0.450 e. The predicted molar refractivity (Wildman–Crippen MR) is 104 cm³/mol. The summed E-state index contributed by atoms with van der Waals surface area (Å²) in [6.45, 7) is 0. The molecule has 0 aromatic heterocycles. The van der Waals surface area contributed by atoms with Crippen LogP contribution in [-0.4, -0.2) is 24.0 Å². The Hall–Kier alpha value is -4.33. The van der Waals surface area contributed by atoms with Gasteiger partial charge >= 0.3 is 6.18 Å². The van der Waals surface area contributed by atoms with Gasteiger partial charge in [0.05, 0.1) is 23.5 Å². The van der Waals surface area contributed by atoms with E-state index in [4.69, 9.17) is 15.2 Å². The first-order valence-corrected chi connectivity index (χ1v) is 8.90. The number of nitriles is 1. The molecule has 164 valence electrons. The maximum atomic E-state index is 13.9. The van der Waals surface area contributed by atoms with Crippen LogP contribution in [0.25, 0.3) is 0 Å². The number of nitro benzene ring substituents is 1. The van der Waals surface area contributed by atoms with Crippen LogP contribution in [-0.2, 0) is 4.74 Å². The van der Waals surface area contributed by atoms with Crippen LogP contribution in [0.15, 0.2) is 71.3 Å². The van der Waals surface area contributed by atoms with Gasteiger partial charge in [0.1, 0.15) is 17.4 Å². The van der Waals surface area contributed by atoms with E-state index in [0.717, 1.165) is 12.1 Å². The number of ether oxygens (including phenoxy) is 2. The van der Waals surface area contributed by atoms with E-state index in [0.29, 0.717) is 5.75 Å². The van der Waals surface area contributed by atoms with Crippen molar-refractivity contribution in [2.75, 3.05) is 7.11 Å². The van der Waals surface area contributed by atoms with Gasteiger partial charge in [-0.3, -0.25) is 14.9 Å². The van der Waals surface area contributed by atoms with Crippen molar-refractivity contribution in [3.05, 3.63) is 92.6 Å². The maximum absolute atomic E-state index is 13.9. The molecule has 0 saturated carbocycles. The third-order valence-electron chi connectivity index (χ3n) is 4.69. The Morgan fingerprint density at radius 2 is 1.91 bits per heavy atom. The molecule has 0 spiro atoms. The second-order valence-corrected chi connectivity index (χ2v) is 6.58. The number of nitrogens with zero attached hydrogens (tertiary/aromatic N) is 2. The zero-order valence-corrected chi connectivity index (χ0v) is 16.3.